The summed E-state index contributed by atoms with van der Waals surface area (Å²) in [6.07, 6.45) is 0.783. The highest BCUT2D eigenvalue weighted by Gasteiger charge is 2.18. The molecular formula is C27H25FN2O3. The van der Waals surface area contributed by atoms with Crippen molar-refractivity contribution >= 4 is 5.97 Å². The number of rotatable bonds is 8. The maximum Gasteiger partial charge on any atom is 0.341 e. The molecule has 0 amide bonds. The molecule has 0 saturated carbocycles. The third-order valence-electron chi connectivity index (χ3n) is 5.41. The maximum absolute atomic E-state index is 13.5. The molecule has 0 atom stereocenters. The topological polar surface area (TPSA) is 64.3 Å². The van der Waals surface area contributed by atoms with Crippen molar-refractivity contribution < 1.29 is 19.0 Å². The summed E-state index contributed by atoms with van der Waals surface area (Å²) in [5.74, 6) is -0.837. The standard InChI is InChI=1S/C27H25FN2O3/c1-18-14-19(2)27(33-17-26(31)32)23(15-18)24-16-25(21-8-10-22(28)11-9-21)30(29-24)13-12-20-6-4-3-5-7-20/h3-11,14-16H,12-13,17H2,1-2H3,(H,31,32). The SMILES string of the molecule is Cc1cc(C)c(OCC(=O)O)c(-c2cc(-c3ccc(F)cc3)n(CCc3ccccc3)n2)c1. The highest BCUT2D eigenvalue weighted by molar-refractivity contribution is 5.75. The zero-order chi connectivity index (χ0) is 23.4. The van der Waals surface area contributed by atoms with Crippen LogP contribution >= 0.6 is 0 Å². The molecule has 0 aliphatic heterocycles. The van der Waals surface area contributed by atoms with Crippen LogP contribution in [0.4, 0.5) is 4.39 Å². The van der Waals surface area contributed by atoms with Crippen molar-refractivity contribution in [3.63, 3.8) is 0 Å². The lowest BCUT2D eigenvalue weighted by molar-refractivity contribution is -0.139. The molecule has 0 aliphatic carbocycles. The summed E-state index contributed by atoms with van der Waals surface area (Å²) in [5.41, 5.74) is 6.16. The molecule has 1 heterocycles. The molecule has 4 rings (SSSR count). The molecular weight excluding hydrogens is 419 g/mol. The van der Waals surface area contributed by atoms with E-state index in [1.54, 1.807) is 12.1 Å². The average molecular weight is 445 g/mol. The number of hydrogen-bond donors (Lipinski definition) is 1. The van der Waals surface area contributed by atoms with E-state index < -0.39 is 12.6 Å². The van der Waals surface area contributed by atoms with Crippen LogP contribution < -0.4 is 4.74 Å². The van der Waals surface area contributed by atoms with Gasteiger partial charge in [-0.3, -0.25) is 4.68 Å². The van der Waals surface area contributed by atoms with E-state index in [9.17, 15) is 9.18 Å². The van der Waals surface area contributed by atoms with Gasteiger partial charge in [0, 0.05) is 17.7 Å². The second kappa shape index (κ2) is 9.69. The molecule has 0 spiro atoms. The van der Waals surface area contributed by atoms with Gasteiger partial charge in [-0.15, -0.1) is 0 Å². The minimum atomic E-state index is -1.04. The number of carboxylic acids is 1. The van der Waals surface area contributed by atoms with E-state index in [1.165, 1.54) is 17.7 Å². The highest BCUT2D eigenvalue weighted by Crippen LogP contribution is 2.36. The van der Waals surface area contributed by atoms with Gasteiger partial charge in [0.25, 0.3) is 0 Å². The Kier molecular flexibility index (Phi) is 6.54. The van der Waals surface area contributed by atoms with E-state index in [4.69, 9.17) is 14.9 Å². The van der Waals surface area contributed by atoms with Crippen LogP contribution in [0.3, 0.4) is 0 Å². The van der Waals surface area contributed by atoms with Crippen LogP contribution in [0.25, 0.3) is 22.5 Å². The molecule has 1 N–H and O–H groups in total. The average Bonchev–Trinajstić information content (AvgIpc) is 3.22. The van der Waals surface area contributed by atoms with Gasteiger partial charge in [-0.2, -0.15) is 5.10 Å². The van der Waals surface area contributed by atoms with Crippen LogP contribution in [0.15, 0.2) is 72.8 Å². The smallest absolute Gasteiger partial charge is 0.341 e. The first kappa shape index (κ1) is 22.3. The van der Waals surface area contributed by atoms with E-state index >= 15 is 0 Å². The number of ether oxygens (including phenoxy) is 1. The zero-order valence-electron chi connectivity index (χ0n) is 18.6. The molecule has 5 nitrogen and oxygen atoms in total. The fraction of sp³-hybridized carbons (Fsp3) is 0.185. The maximum atomic E-state index is 13.5. The lowest BCUT2D eigenvalue weighted by Crippen LogP contribution is -2.11. The van der Waals surface area contributed by atoms with Crippen molar-refractivity contribution in [3.05, 3.63) is 95.3 Å². The molecule has 0 saturated heterocycles. The van der Waals surface area contributed by atoms with E-state index in [1.807, 2.05) is 54.9 Å². The Hall–Kier alpha value is -3.93. The molecule has 0 fully saturated rings. The summed E-state index contributed by atoms with van der Waals surface area (Å²) in [6.45, 7) is 4.06. The quantitative estimate of drug-likeness (QED) is 0.380. The Bertz CT molecular complexity index is 1260. The van der Waals surface area contributed by atoms with Crippen LogP contribution in [-0.4, -0.2) is 27.5 Å². The first-order chi connectivity index (χ1) is 15.9. The summed E-state index contributed by atoms with van der Waals surface area (Å²) < 4.78 is 21.1. The first-order valence-electron chi connectivity index (χ1n) is 10.7. The number of nitrogens with zero attached hydrogens (tertiary/aromatic N) is 2. The molecule has 0 unspecified atom stereocenters. The summed E-state index contributed by atoms with van der Waals surface area (Å²) in [7, 11) is 0. The second-order valence-electron chi connectivity index (χ2n) is 8.02. The largest absolute Gasteiger partial charge is 0.481 e. The number of hydrogen-bond acceptors (Lipinski definition) is 3. The van der Waals surface area contributed by atoms with Crippen LogP contribution in [0, 0.1) is 19.7 Å². The predicted octanol–water partition coefficient (Wildman–Crippen LogP) is 5.68. The monoisotopic (exact) mass is 444 g/mol. The molecule has 0 bridgehead atoms. The number of benzene rings is 3. The minimum absolute atomic E-state index is 0.298. The lowest BCUT2D eigenvalue weighted by atomic mass is 10.0. The van der Waals surface area contributed by atoms with Crippen LogP contribution in [0.1, 0.15) is 16.7 Å². The zero-order valence-corrected chi connectivity index (χ0v) is 18.6. The minimum Gasteiger partial charge on any atom is -0.481 e. The van der Waals surface area contributed by atoms with Gasteiger partial charge in [-0.1, -0.05) is 36.4 Å². The van der Waals surface area contributed by atoms with Gasteiger partial charge < -0.3 is 9.84 Å². The van der Waals surface area contributed by atoms with E-state index in [0.717, 1.165) is 34.4 Å². The number of aryl methyl sites for hydroxylation is 4. The summed E-state index contributed by atoms with van der Waals surface area (Å²) in [5, 5.41) is 14.0. The van der Waals surface area contributed by atoms with Crippen molar-refractivity contribution in [3.8, 4) is 28.3 Å². The summed E-state index contributed by atoms with van der Waals surface area (Å²) in [4.78, 5) is 11.1. The van der Waals surface area contributed by atoms with Gasteiger partial charge in [-0.05, 0) is 73.4 Å². The van der Waals surface area contributed by atoms with Crippen LogP contribution in [0.2, 0.25) is 0 Å². The van der Waals surface area contributed by atoms with Gasteiger partial charge in [0.2, 0.25) is 0 Å². The Balaban J connectivity index is 1.78. The van der Waals surface area contributed by atoms with Crippen molar-refractivity contribution in [1.29, 1.82) is 0 Å². The van der Waals surface area contributed by atoms with Gasteiger partial charge in [0.1, 0.15) is 11.6 Å². The first-order valence-corrected chi connectivity index (χ1v) is 10.7. The predicted molar refractivity (Wildman–Crippen MR) is 126 cm³/mol. The van der Waals surface area contributed by atoms with Crippen LogP contribution in [0.5, 0.6) is 5.75 Å². The second-order valence-corrected chi connectivity index (χ2v) is 8.02. The molecule has 0 radical (unpaired) electrons. The third-order valence-corrected chi connectivity index (χ3v) is 5.41. The molecule has 168 valence electrons. The number of aromatic nitrogens is 2. The third kappa shape index (κ3) is 5.29. The lowest BCUT2D eigenvalue weighted by Gasteiger charge is -2.13. The van der Waals surface area contributed by atoms with E-state index in [-0.39, 0.29) is 5.82 Å². The molecule has 1 aromatic heterocycles. The fourth-order valence-corrected chi connectivity index (χ4v) is 3.92. The van der Waals surface area contributed by atoms with E-state index in [0.29, 0.717) is 18.0 Å². The Morgan fingerprint density at radius 3 is 2.45 bits per heavy atom. The fourth-order valence-electron chi connectivity index (χ4n) is 3.92. The van der Waals surface area contributed by atoms with Crippen molar-refractivity contribution in [1.82, 2.24) is 9.78 Å². The Morgan fingerprint density at radius 1 is 1.03 bits per heavy atom. The van der Waals surface area contributed by atoms with Crippen LogP contribution in [-0.2, 0) is 17.8 Å². The van der Waals surface area contributed by atoms with Gasteiger partial charge in [-0.25, -0.2) is 9.18 Å². The number of halogens is 1. The van der Waals surface area contributed by atoms with Gasteiger partial charge >= 0.3 is 5.97 Å². The van der Waals surface area contributed by atoms with E-state index in [2.05, 4.69) is 12.1 Å². The summed E-state index contributed by atoms with van der Waals surface area (Å²) in [6, 6.07) is 22.3. The normalized spacial score (nSPS) is 10.9. The Labute approximate surface area is 192 Å². The molecule has 33 heavy (non-hydrogen) atoms. The molecule has 0 aliphatic rings. The van der Waals surface area contributed by atoms with Gasteiger partial charge in [0.05, 0.1) is 11.4 Å². The molecule has 4 aromatic rings. The molecule has 6 heteroatoms. The Morgan fingerprint density at radius 2 is 1.76 bits per heavy atom. The summed E-state index contributed by atoms with van der Waals surface area (Å²) >= 11 is 0. The number of carbonyl (C=O) groups is 1. The molecule has 3 aromatic carbocycles. The van der Waals surface area contributed by atoms with Crippen molar-refractivity contribution in [2.45, 2.75) is 26.8 Å². The van der Waals surface area contributed by atoms with Crippen molar-refractivity contribution in [2.24, 2.45) is 0 Å². The van der Waals surface area contributed by atoms with Gasteiger partial charge in [0.15, 0.2) is 6.61 Å². The van der Waals surface area contributed by atoms with Crippen molar-refractivity contribution in [2.75, 3.05) is 6.61 Å². The number of carboxylic acid groups (broad SMARTS) is 1. The highest BCUT2D eigenvalue weighted by atomic mass is 19.1. The number of aliphatic carboxylic acids is 1.